The Bertz CT molecular complexity index is 1350. The van der Waals surface area contributed by atoms with Gasteiger partial charge in [-0.2, -0.15) is 5.26 Å². The highest BCUT2D eigenvalue weighted by Crippen LogP contribution is 2.65. The van der Waals surface area contributed by atoms with Gasteiger partial charge >= 0.3 is 0 Å². The van der Waals surface area contributed by atoms with Gasteiger partial charge in [-0.05, 0) is 35.8 Å². The Hall–Kier alpha value is -3.76. The van der Waals surface area contributed by atoms with E-state index in [0.29, 0.717) is 13.0 Å². The molecule has 43 heavy (non-hydrogen) atoms. The third-order valence-corrected chi connectivity index (χ3v) is 9.47. The van der Waals surface area contributed by atoms with Crippen molar-refractivity contribution in [3.8, 4) is 11.8 Å². The molecule has 12 nitrogen and oxygen atoms in total. The van der Waals surface area contributed by atoms with Gasteiger partial charge in [0.1, 0.15) is 29.7 Å². The van der Waals surface area contributed by atoms with Crippen molar-refractivity contribution < 1.29 is 38.1 Å². The summed E-state index contributed by atoms with van der Waals surface area (Å²) in [6, 6.07) is 2.54. The monoisotopic (exact) mass is 599 g/mol. The number of hydrogen-bond donors (Lipinski definition) is 4. The van der Waals surface area contributed by atoms with E-state index in [1.165, 1.54) is 17.0 Å². The number of nitriles is 1. The topological polar surface area (TPSA) is 170 Å². The van der Waals surface area contributed by atoms with Crippen LogP contribution >= 0.6 is 0 Å². The third kappa shape index (κ3) is 5.78. The Labute approximate surface area is 249 Å². The second-order valence-electron chi connectivity index (χ2n) is 13.2. The lowest BCUT2D eigenvalue weighted by Gasteiger charge is -2.39. The smallest absolute Gasteiger partial charge is 0.265 e. The Morgan fingerprint density at radius 2 is 2.02 bits per heavy atom. The second-order valence-corrected chi connectivity index (χ2v) is 13.2. The standard InChI is InChI=1S/C30H38FN5O7/c1-29(2,14-37)24(35-25(38)15-7-8-42-13-15)28(41)36-12-18-22(30(18,3)4)23(36)27(40)33-17(11-32)10-21-26(39)34-19-9-16(31)5-6-20(19)43-21/h5-6,9,15,17-18,21-24,37H,7-8,10,12-14H2,1-4H3,(H,33,40)(H,34,39)(H,35,38)/t15-,17+,18+,21+,22+,23+,24-/m1/s1. The average molecular weight is 600 g/mol. The second kappa shape index (κ2) is 11.4. The number of piperidine rings is 1. The summed E-state index contributed by atoms with van der Waals surface area (Å²) < 4.78 is 24.6. The fourth-order valence-corrected chi connectivity index (χ4v) is 6.56. The molecule has 4 amide bonds. The minimum absolute atomic E-state index is 0.0360. The van der Waals surface area contributed by atoms with Crippen molar-refractivity contribution in [1.29, 1.82) is 5.26 Å². The van der Waals surface area contributed by atoms with Crippen molar-refractivity contribution >= 4 is 29.3 Å². The molecule has 0 spiro atoms. The maximum atomic E-state index is 14.1. The van der Waals surface area contributed by atoms with Gasteiger partial charge in [0, 0.05) is 31.1 Å². The molecule has 232 valence electrons. The summed E-state index contributed by atoms with van der Waals surface area (Å²) in [4.78, 5) is 55.0. The van der Waals surface area contributed by atoms with Gasteiger partial charge in [-0.15, -0.1) is 0 Å². The Balaban J connectivity index is 1.32. The molecule has 4 aliphatic rings. The van der Waals surface area contributed by atoms with Crippen molar-refractivity contribution in [2.24, 2.45) is 28.6 Å². The number of fused-ring (bicyclic) bond motifs is 2. The molecule has 13 heteroatoms. The molecule has 1 saturated carbocycles. The summed E-state index contributed by atoms with van der Waals surface area (Å²) in [7, 11) is 0. The van der Waals surface area contributed by atoms with Gasteiger partial charge in [0.2, 0.25) is 17.7 Å². The first kappa shape index (κ1) is 30.7. The fraction of sp³-hybridized carbons (Fsp3) is 0.633. The normalized spacial score (nSPS) is 28.3. The lowest BCUT2D eigenvalue weighted by atomic mass is 9.83. The summed E-state index contributed by atoms with van der Waals surface area (Å²) in [6.45, 7) is 7.98. The SMILES string of the molecule is CC(C)(CO)[C@H](NC(=O)[C@@H]1CCOC1)C(=O)N1C[C@H]2[C@@H]([C@H]1C(=O)N[C@H](C#N)C[C@@H]1Oc3ccc(F)cc3NC1=O)C2(C)C. The molecule has 4 N–H and O–H groups in total. The molecule has 7 atom stereocenters. The Kier molecular flexibility index (Phi) is 8.13. The van der Waals surface area contributed by atoms with Crippen LogP contribution in [-0.4, -0.2) is 84.2 Å². The number of aliphatic hydroxyl groups is 1. The van der Waals surface area contributed by atoms with Gasteiger partial charge in [0.25, 0.3) is 5.91 Å². The zero-order chi connectivity index (χ0) is 31.3. The minimum Gasteiger partial charge on any atom is -0.478 e. The summed E-state index contributed by atoms with van der Waals surface area (Å²) in [5.41, 5.74) is -1.08. The van der Waals surface area contributed by atoms with Crippen molar-refractivity contribution in [3.05, 3.63) is 24.0 Å². The van der Waals surface area contributed by atoms with E-state index in [1.807, 2.05) is 19.9 Å². The maximum absolute atomic E-state index is 14.1. The summed E-state index contributed by atoms with van der Waals surface area (Å²) in [5, 5.41) is 28.1. The molecule has 3 aliphatic heterocycles. The number of benzene rings is 1. The number of nitrogens with zero attached hydrogens (tertiary/aromatic N) is 2. The lowest BCUT2D eigenvalue weighted by molar-refractivity contribution is -0.147. The quantitative estimate of drug-likeness (QED) is 0.325. The van der Waals surface area contributed by atoms with Crippen molar-refractivity contribution in [3.63, 3.8) is 0 Å². The first-order chi connectivity index (χ1) is 20.3. The third-order valence-electron chi connectivity index (χ3n) is 9.47. The molecule has 0 aromatic heterocycles. The van der Waals surface area contributed by atoms with Gasteiger partial charge in [0.15, 0.2) is 6.10 Å². The fourth-order valence-electron chi connectivity index (χ4n) is 6.56. The van der Waals surface area contributed by atoms with Crippen LogP contribution in [0.2, 0.25) is 0 Å². The van der Waals surface area contributed by atoms with Crippen LogP contribution in [0.25, 0.3) is 0 Å². The summed E-state index contributed by atoms with van der Waals surface area (Å²) in [6.07, 6.45) is -0.762. The minimum atomic E-state index is -1.13. The van der Waals surface area contributed by atoms with E-state index < -0.39 is 59.1 Å². The van der Waals surface area contributed by atoms with Gasteiger partial charge < -0.3 is 35.4 Å². The number of likely N-dealkylation sites (tertiary alicyclic amines) is 1. The van der Waals surface area contributed by atoms with Crippen LogP contribution in [0.15, 0.2) is 18.2 Å². The highest BCUT2D eigenvalue weighted by Gasteiger charge is 2.70. The van der Waals surface area contributed by atoms with E-state index in [1.54, 1.807) is 13.8 Å². The molecule has 1 aromatic rings. The number of carbonyl (C=O) groups excluding carboxylic acids is 4. The number of ether oxygens (including phenoxy) is 2. The number of aliphatic hydroxyl groups excluding tert-OH is 1. The number of rotatable bonds is 9. The van der Waals surface area contributed by atoms with Crippen molar-refractivity contribution in [2.75, 3.05) is 31.7 Å². The van der Waals surface area contributed by atoms with E-state index in [2.05, 4.69) is 16.0 Å². The zero-order valence-corrected chi connectivity index (χ0v) is 24.7. The molecular weight excluding hydrogens is 561 g/mol. The number of amides is 4. The van der Waals surface area contributed by atoms with Crippen LogP contribution in [0.5, 0.6) is 5.75 Å². The van der Waals surface area contributed by atoms with E-state index in [4.69, 9.17) is 9.47 Å². The zero-order valence-electron chi connectivity index (χ0n) is 24.7. The van der Waals surface area contributed by atoms with Crippen LogP contribution in [0.3, 0.4) is 0 Å². The van der Waals surface area contributed by atoms with Gasteiger partial charge in [0.05, 0.1) is 30.9 Å². The Morgan fingerprint density at radius 1 is 1.28 bits per heavy atom. The van der Waals surface area contributed by atoms with Crippen LogP contribution in [-0.2, 0) is 23.9 Å². The summed E-state index contributed by atoms with van der Waals surface area (Å²) in [5.74, 6) is -2.80. The van der Waals surface area contributed by atoms with E-state index in [0.717, 1.165) is 6.07 Å². The van der Waals surface area contributed by atoms with Gasteiger partial charge in [-0.25, -0.2) is 4.39 Å². The van der Waals surface area contributed by atoms with Crippen LogP contribution < -0.4 is 20.7 Å². The first-order valence-corrected chi connectivity index (χ1v) is 14.5. The van der Waals surface area contributed by atoms with Crippen LogP contribution in [0, 0.1) is 45.7 Å². The Morgan fingerprint density at radius 3 is 2.67 bits per heavy atom. The van der Waals surface area contributed by atoms with E-state index in [-0.39, 0.29) is 60.8 Å². The number of hydrogen-bond acceptors (Lipinski definition) is 8. The molecule has 0 radical (unpaired) electrons. The number of anilines is 1. The molecule has 3 fully saturated rings. The molecule has 3 heterocycles. The van der Waals surface area contributed by atoms with Crippen molar-refractivity contribution in [2.45, 2.75) is 64.8 Å². The largest absolute Gasteiger partial charge is 0.478 e. The number of halogens is 1. The average Bonchev–Trinajstić information content (AvgIpc) is 3.42. The molecule has 0 bridgehead atoms. The summed E-state index contributed by atoms with van der Waals surface area (Å²) >= 11 is 0. The predicted octanol–water partition coefficient (Wildman–Crippen LogP) is 0.946. The number of carbonyl (C=O) groups is 4. The highest BCUT2D eigenvalue weighted by atomic mass is 19.1. The molecule has 0 unspecified atom stereocenters. The van der Waals surface area contributed by atoms with Crippen LogP contribution in [0.1, 0.15) is 40.5 Å². The molecule has 2 saturated heterocycles. The van der Waals surface area contributed by atoms with Crippen LogP contribution in [0.4, 0.5) is 10.1 Å². The predicted molar refractivity (Wildman–Crippen MR) is 150 cm³/mol. The molecule has 5 rings (SSSR count). The van der Waals surface area contributed by atoms with Gasteiger partial charge in [-0.3, -0.25) is 19.2 Å². The van der Waals surface area contributed by atoms with E-state index in [9.17, 15) is 33.9 Å². The van der Waals surface area contributed by atoms with Crippen molar-refractivity contribution in [1.82, 2.24) is 15.5 Å². The first-order valence-electron chi connectivity index (χ1n) is 14.5. The highest BCUT2D eigenvalue weighted by molar-refractivity contribution is 5.98. The number of nitrogens with one attached hydrogen (secondary N) is 3. The lowest BCUT2D eigenvalue weighted by Crippen LogP contribution is -2.61. The molecule has 1 aliphatic carbocycles. The maximum Gasteiger partial charge on any atom is 0.265 e. The van der Waals surface area contributed by atoms with E-state index >= 15 is 0 Å². The molecular formula is C30H38FN5O7. The molecule has 1 aromatic carbocycles. The van der Waals surface area contributed by atoms with Gasteiger partial charge in [-0.1, -0.05) is 27.7 Å².